The molecule has 0 spiro atoms. The van der Waals surface area contributed by atoms with Gasteiger partial charge in [0.1, 0.15) is 0 Å². The predicted octanol–water partition coefficient (Wildman–Crippen LogP) is 1.03. The molecule has 96 valence electrons. The lowest BCUT2D eigenvalue weighted by Crippen LogP contribution is -2.47. The van der Waals surface area contributed by atoms with Crippen LogP contribution in [0.15, 0.2) is 0 Å². The molecule has 1 heterocycles. The van der Waals surface area contributed by atoms with Gasteiger partial charge in [-0.15, -0.1) is 12.4 Å². The molecule has 0 amide bonds. The molecule has 0 saturated carbocycles. The van der Waals surface area contributed by atoms with Crippen molar-refractivity contribution in [3.8, 4) is 0 Å². The van der Waals surface area contributed by atoms with Crippen molar-refractivity contribution >= 4 is 18.4 Å². The smallest absolute Gasteiger partial charge is 0.310 e. The molecule has 0 radical (unpaired) electrons. The van der Waals surface area contributed by atoms with Crippen LogP contribution in [0.3, 0.4) is 0 Å². The van der Waals surface area contributed by atoms with Crippen molar-refractivity contribution in [2.24, 2.45) is 11.7 Å². The molecule has 16 heavy (non-hydrogen) atoms. The second-order valence-corrected chi connectivity index (χ2v) is 5.12. The van der Waals surface area contributed by atoms with Crippen LogP contribution < -0.4 is 5.73 Å². The molecular formula is C11H23ClN2O2. The van der Waals surface area contributed by atoms with Crippen LogP contribution in [-0.4, -0.2) is 42.6 Å². The number of likely N-dealkylation sites (tertiary alicyclic amines) is 1. The van der Waals surface area contributed by atoms with Gasteiger partial charge in [0, 0.05) is 18.1 Å². The molecule has 1 rings (SSSR count). The third kappa shape index (κ3) is 3.92. The molecule has 0 aromatic rings. The van der Waals surface area contributed by atoms with Gasteiger partial charge in [0.2, 0.25) is 0 Å². The Morgan fingerprint density at radius 3 is 2.56 bits per heavy atom. The molecule has 2 atom stereocenters. The lowest BCUT2D eigenvalue weighted by molar-refractivity contribution is -0.146. The highest BCUT2D eigenvalue weighted by atomic mass is 35.5. The molecule has 1 fully saturated rings. The minimum Gasteiger partial charge on any atom is -0.469 e. The van der Waals surface area contributed by atoms with Gasteiger partial charge in [0.25, 0.3) is 0 Å². The standard InChI is InChI=1S/C11H22N2O2.ClH/c1-8-9(10(14)15-4)5-6-13(8)7-11(2,3)12;/h8-9H,5-7,12H2,1-4H3;1H. The molecular weight excluding hydrogens is 228 g/mol. The van der Waals surface area contributed by atoms with Gasteiger partial charge in [-0.05, 0) is 33.7 Å². The molecule has 2 N–H and O–H groups in total. The summed E-state index contributed by atoms with van der Waals surface area (Å²) in [6.07, 6.45) is 0.879. The van der Waals surface area contributed by atoms with E-state index in [1.165, 1.54) is 7.11 Å². The molecule has 0 aromatic heterocycles. The van der Waals surface area contributed by atoms with E-state index in [2.05, 4.69) is 11.8 Å². The number of methoxy groups -OCH3 is 1. The summed E-state index contributed by atoms with van der Waals surface area (Å²) in [6.45, 7) is 7.83. The summed E-state index contributed by atoms with van der Waals surface area (Å²) in [5.41, 5.74) is 5.76. The highest BCUT2D eigenvalue weighted by molar-refractivity contribution is 5.85. The maximum atomic E-state index is 11.5. The Kier molecular flexibility index (Phi) is 5.73. The first-order valence-electron chi connectivity index (χ1n) is 5.46. The van der Waals surface area contributed by atoms with Crippen molar-refractivity contribution in [1.29, 1.82) is 0 Å². The van der Waals surface area contributed by atoms with Crippen molar-refractivity contribution < 1.29 is 9.53 Å². The normalized spacial score (nSPS) is 26.3. The van der Waals surface area contributed by atoms with Gasteiger partial charge in [0.05, 0.1) is 13.0 Å². The van der Waals surface area contributed by atoms with E-state index >= 15 is 0 Å². The number of nitrogens with two attached hydrogens (primary N) is 1. The zero-order valence-electron chi connectivity index (χ0n) is 10.5. The Morgan fingerprint density at radius 2 is 2.12 bits per heavy atom. The van der Waals surface area contributed by atoms with E-state index in [0.29, 0.717) is 0 Å². The molecule has 1 saturated heterocycles. The number of hydrogen-bond acceptors (Lipinski definition) is 4. The summed E-state index contributed by atoms with van der Waals surface area (Å²) < 4.78 is 4.79. The van der Waals surface area contributed by atoms with Gasteiger partial charge in [-0.3, -0.25) is 9.69 Å². The Labute approximate surface area is 104 Å². The lowest BCUT2D eigenvalue weighted by Gasteiger charge is -2.30. The van der Waals surface area contributed by atoms with Gasteiger partial charge in [-0.2, -0.15) is 0 Å². The number of carbonyl (C=O) groups is 1. The topological polar surface area (TPSA) is 55.6 Å². The number of nitrogens with zero attached hydrogens (tertiary/aromatic N) is 1. The van der Waals surface area contributed by atoms with Crippen molar-refractivity contribution in [3.63, 3.8) is 0 Å². The van der Waals surface area contributed by atoms with Crippen LogP contribution in [0, 0.1) is 5.92 Å². The van der Waals surface area contributed by atoms with Crippen molar-refractivity contribution in [1.82, 2.24) is 4.90 Å². The van der Waals surface area contributed by atoms with Crippen LogP contribution in [0.4, 0.5) is 0 Å². The summed E-state index contributed by atoms with van der Waals surface area (Å²) in [4.78, 5) is 13.7. The average Bonchev–Trinajstić information content (AvgIpc) is 2.45. The Hall–Kier alpha value is -0.320. The number of esters is 1. The number of hydrogen-bond donors (Lipinski definition) is 1. The largest absolute Gasteiger partial charge is 0.469 e. The lowest BCUT2D eigenvalue weighted by atomic mass is 10.0. The number of carbonyl (C=O) groups excluding carboxylic acids is 1. The number of rotatable bonds is 3. The second-order valence-electron chi connectivity index (χ2n) is 5.12. The highest BCUT2D eigenvalue weighted by Crippen LogP contribution is 2.26. The molecule has 4 nitrogen and oxygen atoms in total. The van der Waals surface area contributed by atoms with Crippen LogP contribution in [0.25, 0.3) is 0 Å². The van der Waals surface area contributed by atoms with E-state index in [4.69, 9.17) is 10.5 Å². The van der Waals surface area contributed by atoms with Crippen LogP contribution in [0.2, 0.25) is 0 Å². The Balaban J connectivity index is 0.00000225. The maximum absolute atomic E-state index is 11.5. The fourth-order valence-electron chi connectivity index (χ4n) is 2.22. The van der Waals surface area contributed by atoms with Gasteiger partial charge >= 0.3 is 5.97 Å². The molecule has 1 aliphatic heterocycles. The quantitative estimate of drug-likeness (QED) is 0.761. The highest BCUT2D eigenvalue weighted by Gasteiger charge is 2.37. The first-order valence-corrected chi connectivity index (χ1v) is 5.46. The van der Waals surface area contributed by atoms with Crippen LogP contribution in [-0.2, 0) is 9.53 Å². The first-order chi connectivity index (χ1) is 6.85. The Morgan fingerprint density at radius 1 is 1.56 bits per heavy atom. The summed E-state index contributed by atoms with van der Waals surface area (Å²) in [6, 6.07) is 0.236. The van der Waals surface area contributed by atoms with Crippen molar-refractivity contribution in [2.75, 3.05) is 20.2 Å². The monoisotopic (exact) mass is 250 g/mol. The summed E-state index contributed by atoms with van der Waals surface area (Å²) in [5, 5.41) is 0. The van der Waals surface area contributed by atoms with Gasteiger partial charge in [0.15, 0.2) is 0 Å². The molecule has 0 bridgehead atoms. The van der Waals surface area contributed by atoms with Gasteiger partial charge in [-0.25, -0.2) is 0 Å². The van der Waals surface area contributed by atoms with E-state index in [9.17, 15) is 4.79 Å². The molecule has 5 heteroatoms. The number of ether oxygens (including phenoxy) is 1. The van der Waals surface area contributed by atoms with E-state index in [1.54, 1.807) is 0 Å². The SMILES string of the molecule is COC(=O)C1CCN(CC(C)(C)N)C1C.Cl. The van der Waals surface area contributed by atoms with Crippen molar-refractivity contribution in [3.05, 3.63) is 0 Å². The van der Waals surface area contributed by atoms with Gasteiger partial charge < -0.3 is 10.5 Å². The summed E-state index contributed by atoms with van der Waals surface area (Å²) in [7, 11) is 1.45. The van der Waals surface area contributed by atoms with Crippen LogP contribution in [0.5, 0.6) is 0 Å². The zero-order valence-corrected chi connectivity index (χ0v) is 11.3. The van der Waals surface area contributed by atoms with E-state index in [0.717, 1.165) is 19.5 Å². The zero-order chi connectivity index (χ0) is 11.6. The molecule has 0 aromatic carbocycles. The van der Waals surface area contributed by atoms with Crippen LogP contribution >= 0.6 is 12.4 Å². The van der Waals surface area contributed by atoms with E-state index in [-0.39, 0.29) is 35.9 Å². The van der Waals surface area contributed by atoms with Gasteiger partial charge in [-0.1, -0.05) is 0 Å². The number of halogens is 1. The summed E-state index contributed by atoms with van der Waals surface area (Å²) >= 11 is 0. The maximum Gasteiger partial charge on any atom is 0.310 e. The average molecular weight is 251 g/mol. The third-order valence-corrected chi connectivity index (χ3v) is 3.00. The summed E-state index contributed by atoms with van der Waals surface area (Å²) in [5.74, 6) is -0.0859. The third-order valence-electron chi connectivity index (χ3n) is 3.00. The minimum absolute atomic E-state index is 0. The first kappa shape index (κ1) is 15.7. The van der Waals surface area contributed by atoms with Crippen molar-refractivity contribution in [2.45, 2.75) is 38.8 Å². The predicted molar refractivity (Wildman–Crippen MR) is 66.7 cm³/mol. The fourth-order valence-corrected chi connectivity index (χ4v) is 2.22. The molecule has 0 aliphatic carbocycles. The fraction of sp³-hybridized carbons (Fsp3) is 0.909. The van der Waals surface area contributed by atoms with Crippen LogP contribution in [0.1, 0.15) is 27.2 Å². The molecule has 1 aliphatic rings. The Bertz CT molecular complexity index is 241. The minimum atomic E-state index is -0.209. The van der Waals surface area contributed by atoms with E-state index in [1.807, 2.05) is 13.8 Å². The second kappa shape index (κ2) is 5.84. The molecule has 2 unspecified atom stereocenters. The van der Waals surface area contributed by atoms with E-state index < -0.39 is 0 Å².